The molecule has 0 aliphatic heterocycles. The van der Waals surface area contributed by atoms with E-state index >= 15 is 0 Å². The van der Waals surface area contributed by atoms with Gasteiger partial charge in [-0.1, -0.05) is 0 Å². The van der Waals surface area contributed by atoms with Gasteiger partial charge in [-0.15, -0.1) is 45.4 Å². The first-order valence-corrected chi connectivity index (χ1v) is 7.63. The summed E-state index contributed by atoms with van der Waals surface area (Å²) in [5.74, 6) is 0.331. The summed E-state index contributed by atoms with van der Waals surface area (Å²) in [7, 11) is 0. The van der Waals surface area contributed by atoms with Crippen molar-refractivity contribution in [3.8, 4) is 0 Å². The molecule has 0 N–H and O–H groups in total. The van der Waals surface area contributed by atoms with Crippen LogP contribution < -0.4 is 0 Å². The van der Waals surface area contributed by atoms with Gasteiger partial charge in [0.1, 0.15) is 0 Å². The molecule has 0 nitrogen and oxygen atoms in total. The zero-order valence-corrected chi connectivity index (χ0v) is 8.32. The molecule has 0 amide bonds. The Kier molecular flexibility index (Phi) is 4.13. The molecule has 0 fully saturated rings. The normalized spacial score (nSPS) is 16.1. The molecular weight excluding hydrogens is 206 g/mol. The molecule has 0 bridgehead atoms. The Morgan fingerprint density at radius 2 is 1.88 bits per heavy atom. The largest absolute Gasteiger partial charge is 0.266 e. The summed E-state index contributed by atoms with van der Waals surface area (Å²) in [6, 6.07) is 0. The van der Waals surface area contributed by atoms with Gasteiger partial charge in [-0.25, -0.2) is 0 Å². The first kappa shape index (κ1) is 9.38. The number of rotatable bonds is 2. The fraction of sp³-hybridized carbons (Fsp3) is 1.00. The minimum Gasteiger partial charge on any atom is -0.145 e. The van der Waals surface area contributed by atoms with Gasteiger partial charge in [0.05, 0.1) is 5.00 Å². The SMILES string of the molecule is C[Si](Cl)(Cl)C(Cl)CCl. The third kappa shape index (κ3) is 3.41. The van der Waals surface area contributed by atoms with E-state index in [2.05, 4.69) is 0 Å². The van der Waals surface area contributed by atoms with Crippen molar-refractivity contribution in [2.75, 3.05) is 5.88 Å². The van der Waals surface area contributed by atoms with E-state index in [1.54, 1.807) is 6.55 Å². The highest BCUT2D eigenvalue weighted by Crippen LogP contribution is 2.23. The smallest absolute Gasteiger partial charge is 0.145 e. The van der Waals surface area contributed by atoms with Crippen LogP contribution in [0.4, 0.5) is 0 Å². The van der Waals surface area contributed by atoms with Gasteiger partial charge in [-0.3, -0.25) is 0 Å². The van der Waals surface area contributed by atoms with Gasteiger partial charge in [0, 0.05) is 5.88 Å². The number of hydrogen-bond donors (Lipinski definition) is 0. The van der Waals surface area contributed by atoms with E-state index in [4.69, 9.17) is 45.4 Å². The number of alkyl halides is 2. The van der Waals surface area contributed by atoms with Crippen LogP contribution in [-0.2, 0) is 0 Å². The standard InChI is InChI=1S/C3H6Cl4Si/c1-8(6,7)3(5)2-4/h3H,2H2,1H3. The summed E-state index contributed by atoms with van der Waals surface area (Å²) in [5.41, 5.74) is 0. The molecule has 1 atom stereocenters. The Hall–Kier alpha value is 1.38. The summed E-state index contributed by atoms with van der Waals surface area (Å²) < 4.78 is 0. The minimum absolute atomic E-state index is 0.243. The third-order valence-electron chi connectivity index (χ3n) is 0.685. The van der Waals surface area contributed by atoms with Crippen LogP contribution >= 0.6 is 45.4 Å². The molecular formula is C3H6Cl4Si. The zero-order chi connectivity index (χ0) is 6.78. The van der Waals surface area contributed by atoms with E-state index in [1.807, 2.05) is 0 Å². The van der Waals surface area contributed by atoms with Crippen molar-refractivity contribution in [3.63, 3.8) is 0 Å². The highest BCUT2D eigenvalue weighted by molar-refractivity contribution is 7.47. The van der Waals surface area contributed by atoms with Gasteiger partial charge < -0.3 is 0 Å². The van der Waals surface area contributed by atoms with Crippen LogP contribution in [0.25, 0.3) is 0 Å². The molecule has 50 valence electrons. The average molecular weight is 212 g/mol. The lowest BCUT2D eigenvalue weighted by atomic mass is 10.9. The summed E-state index contributed by atoms with van der Waals surface area (Å²) >= 11 is 22.3. The molecule has 8 heavy (non-hydrogen) atoms. The number of hydrogen-bond acceptors (Lipinski definition) is 0. The van der Waals surface area contributed by atoms with E-state index in [-0.39, 0.29) is 5.00 Å². The maximum atomic E-state index is 5.67. The molecule has 0 radical (unpaired) electrons. The van der Waals surface area contributed by atoms with Crippen molar-refractivity contribution in [1.29, 1.82) is 0 Å². The highest BCUT2D eigenvalue weighted by atomic mass is 35.7. The topological polar surface area (TPSA) is 0 Å². The molecule has 0 saturated carbocycles. The predicted molar refractivity (Wildman–Crippen MR) is 43.7 cm³/mol. The average Bonchev–Trinajstić information content (AvgIpc) is 1.62. The molecule has 0 aromatic heterocycles. The molecule has 0 aromatic rings. The van der Waals surface area contributed by atoms with Crippen molar-refractivity contribution in [1.82, 2.24) is 0 Å². The Morgan fingerprint density at radius 1 is 1.50 bits per heavy atom. The van der Waals surface area contributed by atoms with Crippen molar-refractivity contribution < 1.29 is 0 Å². The fourth-order valence-corrected chi connectivity index (χ4v) is 2.27. The lowest BCUT2D eigenvalue weighted by molar-refractivity contribution is 1.35. The molecule has 0 rings (SSSR count). The second kappa shape index (κ2) is 3.52. The molecule has 0 spiro atoms. The van der Waals surface area contributed by atoms with Crippen LogP contribution in [0, 0.1) is 0 Å². The number of halogens is 4. The highest BCUT2D eigenvalue weighted by Gasteiger charge is 2.30. The van der Waals surface area contributed by atoms with Crippen molar-refractivity contribution in [2.45, 2.75) is 11.5 Å². The van der Waals surface area contributed by atoms with E-state index in [1.165, 1.54) is 0 Å². The van der Waals surface area contributed by atoms with Crippen LogP contribution in [0.3, 0.4) is 0 Å². The maximum absolute atomic E-state index is 5.67. The van der Waals surface area contributed by atoms with Crippen molar-refractivity contribution in [2.24, 2.45) is 0 Å². The summed E-state index contributed by atoms with van der Waals surface area (Å²) in [6.45, 7) is -0.436. The van der Waals surface area contributed by atoms with Gasteiger partial charge in [0.15, 0.2) is 0 Å². The van der Waals surface area contributed by atoms with Gasteiger partial charge in [0.2, 0.25) is 0 Å². The third-order valence-corrected chi connectivity index (χ3v) is 6.43. The maximum Gasteiger partial charge on any atom is 0.266 e. The molecule has 1 unspecified atom stereocenters. The van der Waals surface area contributed by atoms with Crippen molar-refractivity contribution in [3.05, 3.63) is 0 Å². The van der Waals surface area contributed by atoms with Crippen LogP contribution in [0.1, 0.15) is 0 Å². The minimum atomic E-state index is -2.18. The summed E-state index contributed by atoms with van der Waals surface area (Å²) in [4.78, 5) is 0. The Bertz CT molecular complexity index is 68.2. The fourth-order valence-electron chi connectivity index (χ4n) is 0.135. The first-order valence-electron chi connectivity index (χ1n) is 2.06. The zero-order valence-electron chi connectivity index (χ0n) is 4.30. The molecule has 0 aliphatic rings. The van der Waals surface area contributed by atoms with Crippen LogP contribution in [0.15, 0.2) is 0 Å². The van der Waals surface area contributed by atoms with E-state index in [0.717, 1.165) is 0 Å². The van der Waals surface area contributed by atoms with Gasteiger partial charge >= 0.3 is 0 Å². The molecule has 0 aliphatic carbocycles. The van der Waals surface area contributed by atoms with Gasteiger partial charge in [-0.05, 0) is 6.55 Å². The van der Waals surface area contributed by atoms with Crippen LogP contribution in [0.2, 0.25) is 6.55 Å². The van der Waals surface area contributed by atoms with Crippen LogP contribution in [0.5, 0.6) is 0 Å². The summed E-state index contributed by atoms with van der Waals surface area (Å²) in [5, 5.41) is -0.243. The Labute approximate surface area is 69.5 Å². The van der Waals surface area contributed by atoms with Crippen molar-refractivity contribution >= 4 is 52.1 Å². The van der Waals surface area contributed by atoms with E-state index in [9.17, 15) is 0 Å². The monoisotopic (exact) mass is 210 g/mol. The lowest BCUT2D eigenvalue weighted by Gasteiger charge is -2.13. The summed E-state index contributed by atoms with van der Waals surface area (Å²) in [6.07, 6.45) is 0. The molecule has 0 heterocycles. The van der Waals surface area contributed by atoms with Crippen LogP contribution in [-0.4, -0.2) is 17.6 Å². The van der Waals surface area contributed by atoms with Gasteiger partial charge in [0.25, 0.3) is 6.69 Å². The second-order valence-electron chi connectivity index (χ2n) is 1.58. The first-order chi connectivity index (χ1) is 3.48. The molecule has 0 saturated heterocycles. The predicted octanol–water partition coefficient (Wildman–Crippen LogP) is 2.92. The Morgan fingerprint density at radius 3 is 1.88 bits per heavy atom. The lowest BCUT2D eigenvalue weighted by Crippen LogP contribution is -2.29. The quantitative estimate of drug-likeness (QED) is 0.375. The Balaban J connectivity index is 3.62. The van der Waals surface area contributed by atoms with E-state index < -0.39 is 6.69 Å². The molecule has 0 aromatic carbocycles. The molecule has 5 heteroatoms. The van der Waals surface area contributed by atoms with E-state index in [0.29, 0.717) is 5.88 Å². The second-order valence-corrected chi connectivity index (χ2v) is 10.7. The van der Waals surface area contributed by atoms with Gasteiger partial charge in [-0.2, -0.15) is 0 Å².